The summed E-state index contributed by atoms with van der Waals surface area (Å²) in [7, 11) is -2.38. The molecule has 8 nitrogen and oxygen atoms in total. The number of hydrogen-bond acceptors (Lipinski definition) is 6. The van der Waals surface area contributed by atoms with E-state index in [1.165, 1.54) is 53.9 Å². The molecule has 4 aromatic carbocycles. The maximum atomic E-state index is 15.4. The first-order valence-electron chi connectivity index (χ1n) is 15.2. The molecule has 47 heavy (non-hydrogen) atoms. The van der Waals surface area contributed by atoms with E-state index in [0.717, 1.165) is 0 Å². The summed E-state index contributed by atoms with van der Waals surface area (Å²) in [5.74, 6) is -1.85. The van der Waals surface area contributed by atoms with E-state index in [2.05, 4.69) is 10.6 Å². The van der Waals surface area contributed by atoms with E-state index in [-0.39, 0.29) is 35.0 Å². The number of sulfonamides is 1. The van der Waals surface area contributed by atoms with Crippen LogP contribution in [0.5, 0.6) is 5.75 Å². The quantitative estimate of drug-likeness (QED) is 0.187. The van der Waals surface area contributed by atoms with Crippen molar-refractivity contribution in [1.29, 1.82) is 0 Å². The van der Waals surface area contributed by atoms with Gasteiger partial charge in [0.2, 0.25) is 15.9 Å². The summed E-state index contributed by atoms with van der Waals surface area (Å²) in [6, 6.07) is 21.2. The molecule has 2 unspecified atom stereocenters. The Kier molecular flexibility index (Phi) is 10.9. The van der Waals surface area contributed by atoms with Crippen LogP contribution in [0.4, 0.5) is 14.5 Å². The van der Waals surface area contributed by atoms with Crippen molar-refractivity contribution in [2.24, 2.45) is 5.73 Å². The third-order valence-corrected chi connectivity index (χ3v) is 10.7. The molecule has 0 radical (unpaired) electrons. The van der Waals surface area contributed by atoms with Crippen LogP contribution in [0, 0.1) is 11.6 Å². The largest absolute Gasteiger partial charge is 0.497 e. The van der Waals surface area contributed by atoms with Gasteiger partial charge in [-0.1, -0.05) is 41.9 Å². The summed E-state index contributed by atoms with van der Waals surface area (Å²) >= 11 is 6.25. The zero-order valence-corrected chi connectivity index (χ0v) is 27.6. The lowest BCUT2D eigenvalue weighted by Crippen LogP contribution is -2.58. The molecule has 0 aromatic heterocycles. The molecule has 1 heterocycles. The van der Waals surface area contributed by atoms with Gasteiger partial charge in [0.1, 0.15) is 17.4 Å². The molecule has 248 valence electrons. The SMILES string of the molecule is COc1ccc(S(=O)(=O)N2[C@@H](CCc3c(F)cccc3NC(=O)C(N)C(c3cccc(F)c3)c3cccc(Cl)c3)CNC[C@@H]2C)cc1. The Labute approximate surface area is 278 Å². The van der Waals surface area contributed by atoms with E-state index in [0.29, 0.717) is 35.0 Å². The summed E-state index contributed by atoms with van der Waals surface area (Å²) in [5.41, 5.74) is 8.08. The number of nitrogens with zero attached hydrogens (tertiary/aromatic N) is 1. The second-order valence-corrected chi connectivity index (χ2v) is 13.9. The summed E-state index contributed by atoms with van der Waals surface area (Å²) in [6.07, 6.45) is 0.407. The van der Waals surface area contributed by atoms with Gasteiger partial charge in [-0.3, -0.25) is 4.79 Å². The van der Waals surface area contributed by atoms with E-state index in [1.54, 1.807) is 48.5 Å². The van der Waals surface area contributed by atoms with Gasteiger partial charge in [0.25, 0.3) is 0 Å². The van der Waals surface area contributed by atoms with Crippen LogP contribution in [0.25, 0.3) is 0 Å². The topological polar surface area (TPSA) is 114 Å². The van der Waals surface area contributed by atoms with Crippen molar-refractivity contribution in [2.75, 3.05) is 25.5 Å². The lowest BCUT2D eigenvalue weighted by molar-refractivity contribution is -0.117. The van der Waals surface area contributed by atoms with E-state index in [1.807, 2.05) is 6.92 Å². The van der Waals surface area contributed by atoms with Gasteiger partial charge in [0.15, 0.2) is 0 Å². The molecule has 0 spiro atoms. The van der Waals surface area contributed by atoms with Crippen molar-refractivity contribution in [3.05, 3.63) is 124 Å². The van der Waals surface area contributed by atoms with Crippen molar-refractivity contribution in [3.63, 3.8) is 0 Å². The fraction of sp³-hybridized carbons (Fsp3) is 0.286. The normalized spacial score (nSPS) is 18.3. The highest BCUT2D eigenvalue weighted by atomic mass is 35.5. The molecular weight excluding hydrogens is 646 g/mol. The number of anilines is 1. The van der Waals surface area contributed by atoms with Crippen molar-refractivity contribution < 1.29 is 26.7 Å². The smallest absolute Gasteiger partial charge is 0.243 e. The van der Waals surface area contributed by atoms with Gasteiger partial charge in [0.05, 0.1) is 18.0 Å². The molecule has 12 heteroatoms. The highest BCUT2D eigenvalue weighted by Gasteiger charge is 2.38. The minimum atomic E-state index is -3.89. The van der Waals surface area contributed by atoms with Gasteiger partial charge in [-0.25, -0.2) is 17.2 Å². The third-order valence-electron chi connectivity index (χ3n) is 8.43. The van der Waals surface area contributed by atoms with Gasteiger partial charge < -0.3 is 21.1 Å². The summed E-state index contributed by atoms with van der Waals surface area (Å²) in [5, 5.41) is 6.49. The zero-order chi connectivity index (χ0) is 33.7. The summed E-state index contributed by atoms with van der Waals surface area (Å²) in [4.78, 5) is 13.8. The van der Waals surface area contributed by atoms with E-state index in [9.17, 15) is 17.6 Å². The van der Waals surface area contributed by atoms with Crippen molar-refractivity contribution in [1.82, 2.24) is 9.62 Å². The van der Waals surface area contributed by atoms with E-state index in [4.69, 9.17) is 22.1 Å². The number of nitrogens with two attached hydrogens (primary N) is 1. The second kappa shape index (κ2) is 14.9. The maximum absolute atomic E-state index is 15.4. The van der Waals surface area contributed by atoms with Crippen molar-refractivity contribution in [2.45, 2.75) is 48.7 Å². The predicted octanol–water partition coefficient (Wildman–Crippen LogP) is 5.71. The summed E-state index contributed by atoms with van der Waals surface area (Å²) in [6.45, 7) is 2.66. The van der Waals surface area contributed by atoms with Crippen molar-refractivity contribution >= 4 is 33.2 Å². The molecule has 1 fully saturated rings. The fourth-order valence-electron chi connectivity index (χ4n) is 6.15. The van der Waals surface area contributed by atoms with Crippen LogP contribution in [0.3, 0.4) is 0 Å². The van der Waals surface area contributed by atoms with Gasteiger partial charge in [-0.15, -0.1) is 0 Å². The molecular formula is C35H37ClF2N4O4S. The number of methoxy groups -OCH3 is 1. The maximum Gasteiger partial charge on any atom is 0.243 e. The predicted molar refractivity (Wildman–Crippen MR) is 179 cm³/mol. The number of rotatable bonds is 11. The van der Waals surface area contributed by atoms with Crippen LogP contribution in [0.2, 0.25) is 5.02 Å². The van der Waals surface area contributed by atoms with E-state index >= 15 is 4.39 Å². The Bertz CT molecular complexity index is 1780. The number of hydrogen-bond donors (Lipinski definition) is 3. The lowest BCUT2D eigenvalue weighted by Gasteiger charge is -2.40. The van der Waals surface area contributed by atoms with Crippen LogP contribution in [-0.2, 0) is 21.2 Å². The molecule has 4 aromatic rings. The first-order valence-corrected chi connectivity index (χ1v) is 17.0. The second-order valence-electron chi connectivity index (χ2n) is 11.6. The minimum Gasteiger partial charge on any atom is -0.497 e. The third kappa shape index (κ3) is 7.82. The fourth-order valence-corrected chi connectivity index (χ4v) is 8.19. The van der Waals surface area contributed by atoms with Crippen LogP contribution in [-0.4, -0.2) is 57.0 Å². The average molecular weight is 683 g/mol. The minimum absolute atomic E-state index is 0.132. The Balaban J connectivity index is 1.38. The first kappa shape index (κ1) is 34.5. The highest BCUT2D eigenvalue weighted by Crippen LogP contribution is 2.32. The van der Waals surface area contributed by atoms with Crippen LogP contribution >= 0.6 is 11.6 Å². The monoisotopic (exact) mass is 682 g/mol. The number of nitrogens with one attached hydrogen (secondary N) is 2. The Morgan fingerprint density at radius 1 is 1.02 bits per heavy atom. The molecule has 1 saturated heterocycles. The molecule has 5 rings (SSSR count). The Morgan fingerprint density at radius 3 is 2.38 bits per heavy atom. The van der Waals surface area contributed by atoms with Crippen LogP contribution in [0.15, 0.2) is 95.9 Å². The number of ether oxygens (including phenoxy) is 1. The number of carbonyl (C=O) groups excluding carboxylic acids is 1. The lowest BCUT2D eigenvalue weighted by atomic mass is 9.85. The van der Waals surface area contributed by atoms with Crippen LogP contribution in [0.1, 0.15) is 36.0 Å². The molecule has 1 aliphatic heterocycles. The Hall–Kier alpha value is -3.87. The summed E-state index contributed by atoms with van der Waals surface area (Å²) < 4.78 is 63.9. The first-order chi connectivity index (χ1) is 22.5. The van der Waals surface area contributed by atoms with Gasteiger partial charge in [-0.2, -0.15) is 4.31 Å². The standard InChI is InChI=1S/C35H37ClF2N4O4S/c1-22-20-40-21-27(42(22)47(44,45)29-15-13-28(46-2)14-16-29)12-17-30-31(38)10-5-11-32(30)41-35(43)34(39)33(23-6-3-8-25(36)18-23)24-7-4-9-26(37)19-24/h3-11,13-16,18-19,22,27,33-34,40H,12,17,20-21,39H2,1-2H3,(H,41,43)/t22-,27-,33?,34?/m0/s1. The van der Waals surface area contributed by atoms with Crippen LogP contribution < -0.4 is 21.1 Å². The molecule has 1 aliphatic rings. The molecule has 0 saturated carbocycles. The molecule has 4 atom stereocenters. The number of piperazine rings is 1. The van der Waals surface area contributed by atoms with E-state index < -0.39 is 45.6 Å². The van der Waals surface area contributed by atoms with Gasteiger partial charge in [0, 0.05) is 47.4 Å². The molecule has 4 N–H and O–H groups in total. The number of amides is 1. The van der Waals surface area contributed by atoms with Gasteiger partial charge >= 0.3 is 0 Å². The average Bonchev–Trinajstić information content (AvgIpc) is 3.04. The molecule has 0 aliphatic carbocycles. The van der Waals surface area contributed by atoms with Crippen molar-refractivity contribution in [3.8, 4) is 5.75 Å². The number of halogens is 3. The highest BCUT2D eigenvalue weighted by molar-refractivity contribution is 7.89. The Morgan fingerprint density at radius 2 is 1.70 bits per heavy atom. The molecule has 1 amide bonds. The number of carbonyl (C=O) groups is 1. The number of benzene rings is 4. The zero-order valence-electron chi connectivity index (χ0n) is 26.0. The van der Waals surface area contributed by atoms with Gasteiger partial charge in [-0.05, 0) is 91.6 Å². The molecule has 0 bridgehead atoms.